The first-order valence-electron chi connectivity index (χ1n) is 6.49. The molecule has 0 aliphatic heterocycles. The topological polar surface area (TPSA) is 99.3 Å². The molecular weight excluding hydrogens is 288 g/mol. The Bertz CT molecular complexity index is 752. The minimum atomic E-state index is -0.587. The van der Waals surface area contributed by atoms with Crippen molar-refractivity contribution in [2.75, 3.05) is 12.4 Å². The number of hydrogen-bond donors (Lipinski definition) is 1. The second kappa shape index (κ2) is 5.84. The molecule has 0 fully saturated rings. The molecule has 0 aliphatic carbocycles. The molecule has 116 valence electrons. The summed E-state index contributed by atoms with van der Waals surface area (Å²) in [6.07, 6.45) is 0. The Hall–Kier alpha value is -2.90. The molecule has 0 saturated heterocycles. The highest BCUT2D eigenvalue weighted by Crippen LogP contribution is 2.28. The smallest absolute Gasteiger partial charge is 0.311 e. The van der Waals surface area contributed by atoms with Gasteiger partial charge in [-0.1, -0.05) is 0 Å². The van der Waals surface area contributed by atoms with Crippen LogP contribution in [0.1, 0.15) is 21.7 Å². The maximum atomic E-state index is 12.3. The fourth-order valence-corrected chi connectivity index (χ4v) is 2.11. The van der Waals surface area contributed by atoms with E-state index in [1.54, 1.807) is 18.7 Å². The molecule has 0 aliphatic rings. The number of ether oxygens (including phenoxy) is 1. The second-order valence-corrected chi connectivity index (χ2v) is 4.77. The number of anilines is 1. The molecule has 8 nitrogen and oxygen atoms in total. The van der Waals surface area contributed by atoms with E-state index >= 15 is 0 Å². The second-order valence-electron chi connectivity index (χ2n) is 4.77. The molecule has 1 amide bonds. The van der Waals surface area contributed by atoms with E-state index < -0.39 is 10.8 Å². The van der Waals surface area contributed by atoms with Crippen molar-refractivity contribution in [1.29, 1.82) is 0 Å². The zero-order chi connectivity index (χ0) is 16.4. The Kier molecular flexibility index (Phi) is 4.11. The van der Waals surface area contributed by atoms with Crippen molar-refractivity contribution >= 4 is 17.3 Å². The van der Waals surface area contributed by atoms with Crippen molar-refractivity contribution in [3.05, 3.63) is 45.3 Å². The first-order chi connectivity index (χ1) is 10.3. The van der Waals surface area contributed by atoms with Crippen LogP contribution in [0.15, 0.2) is 18.2 Å². The number of hydrogen-bond acceptors (Lipinski definition) is 5. The standard InChI is InChI=1S/C14H16N4O4/c1-8-13(9(2)17(3)16-8)15-14(19)10-5-6-12(22-4)11(7-10)18(20)21/h5-7H,1-4H3,(H,15,19). The number of nitrogens with one attached hydrogen (secondary N) is 1. The van der Waals surface area contributed by atoms with Crippen molar-refractivity contribution in [2.45, 2.75) is 13.8 Å². The molecule has 2 rings (SSSR count). The van der Waals surface area contributed by atoms with Crippen LogP contribution in [-0.4, -0.2) is 27.7 Å². The van der Waals surface area contributed by atoms with Crippen LogP contribution in [0.3, 0.4) is 0 Å². The molecule has 0 bridgehead atoms. The molecule has 2 aromatic rings. The van der Waals surface area contributed by atoms with Crippen LogP contribution >= 0.6 is 0 Å². The van der Waals surface area contributed by atoms with Crippen molar-refractivity contribution in [3.63, 3.8) is 0 Å². The van der Waals surface area contributed by atoms with E-state index in [0.717, 1.165) is 5.69 Å². The highest BCUT2D eigenvalue weighted by atomic mass is 16.6. The number of carbonyl (C=O) groups is 1. The molecule has 22 heavy (non-hydrogen) atoms. The van der Waals surface area contributed by atoms with Gasteiger partial charge in [-0.15, -0.1) is 0 Å². The number of nitro groups is 1. The molecule has 0 radical (unpaired) electrons. The van der Waals surface area contributed by atoms with Gasteiger partial charge in [-0.05, 0) is 26.0 Å². The van der Waals surface area contributed by atoms with Crippen LogP contribution < -0.4 is 10.1 Å². The van der Waals surface area contributed by atoms with Crippen LogP contribution in [0.4, 0.5) is 11.4 Å². The minimum Gasteiger partial charge on any atom is -0.490 e. The van der Waals surface area contributed by atoms with Crippen molar-refractivity contribution in [1.82, 2.24) is 9.78 Å². The molecule has 0 atom stereocenters. The summed E-state index contributed by atoms with van der Waals surface area (Å²) in [5.41, 5.74) is 2.00. The SMILES string of the molecule is COc1ccc(C(=O)Nc2c(C)nn(C)c2C)cc1[N+](=O)[O-]. The van der Waals surface area contributed by atoms with E-state index in [2.05, 4.69) is 10.4 Å². The van der Waals surface area contributed by atoms with Gasteiger partial charge in [0.1, 0.15) is 0 Å². The third kappa shape index (κ3) is 2.76. The summed E-state index contributed by atoms with van der Waals surface area (Å²) in [6.45, 7) is 3.60. The normalized spacial score (nSPS) is 10.4. The third-order valence-electron chi connectivity index (χ3n) is 3.39. The summed E-state index contributed by atoms with van der Waals surface area (Å²) in [4.78, 5) is 22.7. The van der Waals surface area contributed by atoms with Crippen LogP contribution in [0, 0.1) is 24.0 Å². The number of benzene rings is 1. The molecule has 1 aromatic carbocycles. The fourth-order valence-electron chi connectivity index (χ4n) is 2.11. The summed E-state index contributed by atoms with van der Waals surface area (Å²) < 4.78 is 6.57. The Morgan fingerprint density at radius 1 is 1.41 bits per heavy atom. The molecular formula is C14H16N4O4. The maximum Gasteiger partial charge on any atom is 0.311 e. The number of carbonyl (C=O) groups excluding carboxylic acids is 1. The third-order valence-corrected chi connectivity index (χ3v) is 3.39. The molecule has 1 N–H and O–H groups in total. The molecule has 8 heteroatoms. The van der Waals surface area contributed by atoms with Crippen LogP contribution in [0.2, 0.25) is 0 Å². The fraction of sp³-hybridized carbons (Fsp3) is 0.286. The van der Waals surface area contributed by atoms with Gasteiger partial charge in [-0.25, -0.2) is 0 Å². The number of aryl methyl sites for hydroxylation is 2. The van der Waals surface area contributed by atoms with Crippen molar-refractivity contribution in [2.24, 2.45) is 7.05 Å². The van der Waals surface area contributed by atoms with Gasteiger partial charge in [0.05, 0.1) is 29.1 Å². The lowest BCUT2D eigenvalue weighted by molar-refractivity contribution is -0.385. The summed E-state index contributed by atoms with van der Waals surface area (Å²) in [5.74, 6) is -0.333. The van der Waals surface area contributed by atoms with Gasteiger partial charge in [-0.2, -0.15) is 5.10 Å². The van der Waals surface area contributed by atoms with E-state index in [1.165, 1.54) is 25.3 Å². The van der Waals surface area contributed by atoms with E-state index in [4.69, 9.17) is 4.74 Å². The number of rotatable bonds is 4. The van der Waals surface area contributed by atoms with E-state index in [1.807, 2.05) is 6.92 Å². The number of aromatic nitrogens is 2. The Morgan fingerprint density at radius 2 is 2.09 bits per heavy atom. The summed E-state index contributed by atoms with van der Waals surface area (Å²) >= 11 is 0. The van der Waals surface area contributed by atoms with Crippen LogP contribution in [0.25, 0.3) is 0 Å². The largest absolute Gasteiger partial charge is 0.490 e. The Labute approximate surface area is 126 Å². The van der Waals surface area contributed by atoms with Gasteiger partial charge >= 0.3 is 5.69 Å². The molecule has 0 spiro atoms. The Balaban J connectivity index is 2.34. The highest BCUT2D eigenvalue weighted by Gasteiger charge is 2.19. The van der Waals surface area contributed by atoms with E-state index in [0.29, 0.717) is 11.4 Å². The lowest BCUT2D eigenvalue weighted by Gasteiger charge is -2.07. The summed E-state index contributed by atoms with van der Waals surface area (Å²) in [7, 11) is 3.11. The highest BCUT2D eigenvalue weighted by molar-refractivity contribution is 6.05. The molecule has 1 aromatic heterocycles. The van der Waals surface area contributed by atoms with E-state index in [-0.39, 0.29) is 17.0 Å². The van der Waals surface area contributed by atoms with Gasteiger partial charge in [0, 0.05) is 18.7 Å². The van der Waals surface area contributed by atoms with Gasteiger partial charge in [0.25, 0.3) is 5.91 Å². The lowest BCUT2D eigenvalue weighted by Crippen LogP contribution is -2.13. The maximum absolute atomic E-state index is 12.3. The molecule has 1 heterocycles. The summed E-state index contributed by atoms with van der Waals surface area (Å²) in [6, 6.07) is 4.06. The van der Waals surface area contributed by atoms with Gasteiger partial charge in [-0.3, -0.25) is 19.6 Å². The van der Waals surface area contributed by atoms with Crippen molar-refractivity contribution < 1.29 is 14.5 Å². The quantitative estimate of drug-likeness (QED) is 0.689. The molecule has 0 saturated carbocycles. The zero-order valence-corrected chi connectivity index (χ0v) is 12.7. The average Bonchev–Trinajstić information content (AvgIpc) is 2.72. The number of methoxy groups -OCH3 is 1. The minimum absolute atomic E-state index is 0.107. The van der Waals surface area contributed by atoms with Crippen LogP contribution in [0.5, 0.6) is 5.75 Å². The van der Waals surface area contributed by atoms with Gasteiger partial charge in [0.15, 0.2) is 5.75 Å². The van der Waals surface area contributed by atoms with Crippen LogP contribution in [-0.2, 0) is 7.05 Å². The number of nitro benzene ring substituents is 1. The Morgan fingerprint density at radius 3 is 2.59 bits per heavy atom. The number of nitrogens with zero attached hydrogens (tertiary/aromatic N) is 3. The van der Waals surface area contributed by atoms with E-state index in [9.17, 15) is 14.9 Å². The predicted molar refractivity (Wildman–Crippen MR) is 80.3 cm³/mol. The van der Waals surface area contributed by atoms with Crippen molar-refractivity contribution in [3.8, 4) is 5.75 Å². The van der Waals surface area contributed by atoms with Gasteiger partial charge in [0.2, 0.25) is 0 Å². The van der Waals surface area contributed by atoms with Gasteiger partial charge < -0.3 is 10.1 Å². The lowest BCUT2D eigenvalue weighted by atomic mass is 10.1. The zero-order valence-electron chi connectivity index (χ0n) is 12.7. The predicted octanol–water partition coefficient (Wildman–Crippen LogP) is 2.21. The first kappa shape index (κ1) is 15.5. The average molecular weight is 304 g/mol. The monoisotopic (exact) mass is 304 g/mol. The molecule has 0 unspecified atom stereocenters. The first-order valence-corrected chi connectivity index (χ1v) is 6.49. The summed E-state index contributed by atoms with van der Waals surface area (Å²) in [5, 5.41) is 17.9. The number of amides is 1.